The van der Waals surface area contributed by atoms with Crippen LogP contribution in [0.2, 0.25) is 0 Å². The van der Waals surface area contributed by atoms with Gasteiger partial charge in [0.25, 0.3) is 0 Å². The van der Waals surface area contributed by atoms with Gasteiger partial charge in [-0.25, -0.2) is 14.8 Å². The average Bonchev–Trinajstić information content (AvgIpc) is 2.52. The average molecular weight is 319 g/mol. The Balaban J connectivity index is 1.84. The van der Waals surface area contributed by atoms with Gasteiger partial charge in [0.1, 0.15) is 0 Å². The van der Waals surface area contributed by atoms with Gasteiger partial charge in [-0.2, -0.15) is 0 Å². The summed E-state index contributed by atoms with van der Waals surface area (Å²) in [6.45, 7) is 3.00. The monoisotopic (exact) mass is 319 g/mol. The molecule has 2 heterocycles. The molecule has 0 unspecified atom stereocenters. The zero-order chi connectivity index (χ0) is 16.7. The molecule has 0 saturated carbocycles. The van der Waals surface area contributed by atoms with E-state index in [-0.39, 0.29) is 5.92 Å². The molecule has 0 atom stereocenters. The fraction of sp³-hybridized carbons (Fsp3) is 0.211. The number of fused-ring (bicyclic) bond motifs is 1. The molecule has 1 fully saturated rings. The molecule has 1 saturated heterocycles. The first-order valence-electron chi connectivity index (χ1n) is 7.93. The fourth-order valence-corrected chi connectivity index (χ4v) is 3.11. The third kappa shape index (κ3) is 2.48. The molecule has 4 rings (SSSR count). The molecular formula is C19H17N3O2. The van der Waals surface area contributed by atoms with E-state index < -0.39 is 6.09 Å². The number of hydrogen-bond donors (Lipinski definition) is 1. The molecule has 120 valence electrons. The molecule has 1 amide bonds. The van der Waals surface area contributed by atoms with Crippen molar-refractivity contribution in [3.63, 3.8) is 0 Å². The third-order valence-electron chi connectivity index (χ3n) is 4.43. The lowest BCUT2D eigenvalue weighted by atomic mass is 9.92. The molecule has 0 bridgehead atoms. The number of rotatable bonds is 2. The number of benzene rings is 2. The van der Waals surface area contributed by atoms with Gasteiger partial charge in [0.05, 0.1) is 22.4 Å². The molecule has 5 heteroatoms. The summed E-state index contributed by atoms with van der Waals surface area (Å²) in [6, 6.07) is 16.0. The quantitative estimate of drug-likeness (QED) is 0.782. The van der Waals surface area contributed by atoms with Crippen LogP contribution in [-0.4, -0.2) is 39.2 Å². The Morgan fingerprint density at radius 1 is 1.08 bits per heavy atom. The highest BCUT2D eigenvalue weighted by Gasteiger charge is 2.34. The van der Waals surface area contributed by atoms with Crippen molar-refractivity contribution < 1.29 is 9.90 Å². The van der Waals surface area contributed by atoms with Crippen LogP contribution in [0.1, 0.15) is 17.2 Å². The van der Waals surface area contributed by atoms with Crippen molar-refractivity contribution in [1.82, 2.24) is 14.9 Å². The van der Waals surface area contributed by atoms with Gasteiger partial charge in [-0.1, -0.05) is 35.9 Å². The van der Waals surface area contributed by atoms with Gasteiger partial charge < -0.3 is 10.0 Å². The Hall–Kier alpha value is -2.95. The number of likely N-dealkylation sites (tertiary alicyclic amines) is 1. The van der Waals surface area contributed by atoms with Gasteiger partial charge in [-0.15, -0.1) is 0 Å². The second-order valence-corrected chi connectivity index (χ2v) is 6.20. The normalized spacial score (nSPS) is 14.6. The highest BCUT2D eigenvalue weighted by molar-refractivity contribution is 5.79. The topological polar surface area (TPSA) is 66.3 Å². The lowest BCUT2D eigenvalue weighted by molar-refractivity contribution is 0.104. The van der Waals surface area contributed by atoms with Gasteiger partial charge >= 0.3 is 6.09 Å². The largest absolute Gasteiger partial charge is 0.465 e. The Labute approximate surface area is 139 Å². The van der Waals surface area contributed by atoms with E-state index >= 15 is 0 Å². The maximum Gasteiger partial charge on any atom is 0.407 e. The number of aryl methyl sites for hydroxylation is 1. The van der Waals surface area contributed by atoms with Crippen LogP contribution >= 0.6 is 0 Å². The first-order chi connectivity index (χ1) is 11.6. The maximum absolute atomic E-state index is 11.1. The summed E-state index contributed by atoms with van der Waals surface area (Å²) in [7, 11) is 0. The first kappa shape index (κ1) is 14.6. The standard InChI is InChI=1S/C19H17N3O2/c1-12-5-4-6-13(9-12)17-18(14-10-22(11-14)19(23)24)21-16-8-3-2-7-15(16)20-17/h2-9,14H,10-11H2,1H3,(H,23,24). The molecule has 1 aliphatic rings. The fourth-order valence-electron chi connectivity index (χ4n) is 3.11. The predicted molar refractivity (Wildman–Crippen MR) is 92.0 cm³/mol. The van der Waals surface area contributed by atoms with E-state index in [0.29, 0.717) is 13.1 Å². The van der Waals surface area contributed by atoms with E-state index in [1.165, 1.54) is 4.90 Å². The summed E-state index contributed by atoms with van der Waals surface area (Å²) in [4.78, 5) is 22.1. The van der Waals surface area contributed by atoms with Crippen molar-refractivity contribution in [2.24, 2.45) is 0 Å². The van der Waals surface area contributed by atoms with E-state index in [4.69, 9.17) is 15.1 Å². The zero-order valence-corrected chi connectivity index (χ0v) is 13.3. The molecule has 1 aromatic heterocycles. The molecule has 3 aromatic rings. The van der Waals surface area contributed by atoms with Crippen LogP contribution in [0.25, 0.3) is 22.3 Å². The minimum absolute atomic E-state index is 0.0914. The molecule has 0 radical (unpaired) electrons. The van der Waals surface area contributed by atoms with Gasteiger partial charge in [0.15, 0.2) is 0 Å². The number of nitrogens with zero attached hydrogens (tertiary/aromatic N) is 3. The lowest BCUT2D eigenvalue weighted by Gasteiger charge is -2.37. The van der Waals surface area contributed by atoms with E-state index in [9.17, 15) is 4.79 Å². The van der Waals surface area contributed by atoms with Crippen LogP contribution in [0.15, 0.2) is 48.5 Å². The number of amides is 1. The SMILES string of the molecule is Cc1cccc(-c2nc3ccccc3nc2C2CN(C(=O)O)C2)c1. The van der Waals surface area contributed by atoms with E-state index in [2.05, 4.69) is 6.07 Å². The van der Waals surface area contributed by atoms with Crippen molar-refractivity contribution in [1.29, 1.82) is 0 Å². The molecule has 0 aliphatic carbocycles. The van der Waals surface area contributed by atoms with Crippen molar-refractivity contribution in [3.8, 4) is 11.3 Å². The highest BCUT2D eigenvalue weighted by Crippen LogP contribution is 2.33. The lowest BCUT2D eigenvalue weighted by Crippen LogP contribution is -2.48. The molecular weight excluding hydrogens is 302 g/mol. The molecule has 2 aromatic carbocycles. The van der Waals surface area contributed by atoms with Gasteiger partial charge in [-0.05, 0) is 25.1 Å². The van der Waals surface area contributed by atoms with E-state index in [1.807, 2.05) is 49.4 Å². The van der Waals surface area contributed by atoms with E-state index in [1.54, 1.807) is 0 Å². The second-order valence-electron chi connectivity index (χ2n) is 6.20. The summed E-state index contributed by atoms with van der Waals surface area (Å²) in [5.41, 5.74) is 5.63. The smallest absolute Gasteiger partial charge is 0.407 e. The molecule has 1 aliphatic heterocycles. The van der Waals surface area contributed by atoms with Gasteiger partial charge in [-0.3, -0.25) is 0 Å². The van der Waals surface area contributed by atoms with E-state index in [0.717, 1.165) is 33.5 Å². The van der Waals surface area contributed by atoms with Crippen LogP contribution < -0.4 is 0 Å². The zero-order valence-electron chi connectivity index (χ0n) is 13.3. The Kier molecular flexibility index (Phi) is 3.41. The predicted octanol–water partition coefficient (Wildman–Crippen LogP) is 3.68. The summed E-state index contributed by atoms with van der Waals surface area (Å²) in [6.07, 6.45) is -0.878. The van der Waals surface area contributed by atoms with Crippen molar-refractivity contribution in [3.05, 3.63) is 59.8 Å². The first-order valence-corrected chi connectivity index (χ1v) is 7.93. The third-order valence-corrected chi connectivity index (χ3v) is 4.43. The van der Waals surface area contributed by atoms with Gasteiger partial charge in [0.2, 0.25) is 0 Å². The molecule has 24 heavy (non-hydrogen) atoms. The van der Waals surface area contributed by atoms with Crippen LogP contribution in [-0.2, 0) is 0 Å². The summed E-state index contributed by atoms with van der Waals surface area (Å²) < 4.78 is 0. The number of carbonyl (C=O) groups is 1. The van der Waals surface area contributed by atoms with Crippen LogP contribution in [0, 0.1) is 6.92 Å². The summed E-state index contributed by atoms with van der Waals surface area (Å²) >= 11 is 0. The number of hydrogen-bond acceptors (Lipinski definition) is 3. The molecule has 5 nitrogen and oxygen atoms in total. The van der Waals surface area contributed by atoms with Crippen molar-refractivity contribution in [2.75, 3.05) is 13.1 Å². The highest BCUT2D eigenvalue weighted by atomic mass is 16.4. The minimum Gasteiger partial charge on any atom is -0.465 e. The second kappa shape index (κ2) is 5.60. The molecule has 1 N–H and O–H groups in total. The van der Waals surface area contributed by atoms with Crippen LogP contribution in [0.4, 0.5) is 4.79 Å². The number of aromatic nitrogens is 2. The summed E-state index contributed by atoms with van der Waals surface area (Å²) in [5, 5.41) is 9.08. The van der Waals surface area contributed by atoms with Crippen LogP contribution in [0.3, 0.4) is 0 Å². The Morgan fingerprint density at radius 3 is 2.46 bits per heavy atom. The van der Waals surface area contributed by atoms with Crippen molar-refractivity contribution >= 4 is 17.1 Å². The number of para-hydroxylation sites is 2. The summed E-state index contributed by atoms with van der Waals surface area (Å²) in [5.74, 6) is 0.0914. The number of carboxylic acid groups (broad SMARTS) is 1. The Morgan fingerprint density at radius 2 is 1.79 bits per heavy atom. The maximum atomic E-state index is 11.1. The van der Waals surface area contributed by atoms with Gasteiger partial charge in [0, 0.05) is 24.6 Å². The van der Waals surface area contributed by atoms with Crippen molar-refractivity contribution in [2.45, 2.75) is 12.8 Å². The minimum atomic E-state index is -0.878. The van der Waals surface area contributed by atoms with Crippen LogP contribution in [0.5, 0.6) is 0 Å². The molecule has 0 spiro atoms. The Bertz CT molecular complexity index is 933.